The molecule has 2 rings (SSSR count). The first-order chi connectivity index (χ1) is 7.63. The Morgan fingerprint density at radius 3 is 2.81 bits per heavy atom. The van der Waals surface area contributed by atoms with E-state index in [0.29, 0.717) is 10.9 Å². The van der Waals surface area contributed by atoms with Gasteiger partial charge in [-0.05, 0) is 24.1 Å². The first kappa shape index (κ1) is 11.4. The molecule has 1 unspecified atom stereocenters. The molecular weight excluding hydrogens is 226 g/mol. The summed E-state index contributed by atoms with van der Waals surface area (Å²) in [5.41, 5.74) is 1.66. The lowest BCUT2D eigenvalue weighted by Gasteiger charge is -2.18. The summed E-state index contributed by atoms with van der Waals surface area (Å²) in [5.74, 6) is 0.297. The fourth-order valence-corrected chi connectivity index (χ4v) is 1.90. The zero-order valence-electron chi connectivity index (χ0n) is 9.26. The minimum atomic E-state index is -0.0498. The predicted molar refractivity (Wildman–Crippen MR) is 63.5 cm³/mol. The van der Waals surface area contributed by atoms with Gasteiger partial charge in [-0.25, -0.2) is 4.68 Å². The van der Waals surface area contributed by atoms with Crippen LogP contribution >= 0.6 is 11.6 Å². The Hall–Kier alpha value is -1.13. The number of aliphatic hydroxyl groups excluding tert-OH is 1. The van der Waals surface area contributed by atoms with Crippen LogP contribution in [0.15, 0.2) is 18.2 Å². The van der Waals surface area contributed by atoms with E-state index in [4.69, 9.17) is 11.6 Å². The third-order valence-electron chi connectivity index (χ3n) is 2.70. The summed E-state index contributed by atoms with van der Waals surface area (Å²) in [6, 6.07) is 5.40. The van der Waals surface area contributed by atoms with Crippen LogP contribution in [0, 0.1) is 5.92 Å². The van der Waals surface area contributed by atoms with Crippen LogP contribution in [0.4, 0.5) is 0 Å². The van der Waals surface area contributed by atoms with Gasteiger partial charge in [0.15, 0.2) is 0 Å². The van der Waals surface area contributed by atoms with Crippen molar-refractivity contribution in [3.05, 3.63) is 23.2 Å². The summed E-state index contributed by atoms with van der Waals surface area (Å²) in [7, 11) is 0. The highest BCUT2D eigenvalue weighted by molar-refractivity contribution is 6.31. The van der Waals surface area contributed by atoms with Gasteiger partial charge in [0.2, 0.25) is 0 Å². The second kappa shape index (κ2) is 4.39. The molecule has 0 aliphatic heterocycles. The molecule has 0 aliphatic rings. The van der Waals surface area contributed by atoms with E-state index in [1.807, 2.05) is 19.9 Å². The average molecular weight is 240 g/mol. The summed E-state index contributed by atoms with van der Waals surface area (Å²) < 4.78 is 1.76. The third kappa shape index (κ3) is 1.90. The van der Waals surface area contributed by atoms with E-state index in [9.17, 15) is 5.11 Å². The maximum atomic E-state index is 9.37. The number of halogens is 1. The van der Waals surface area contributed by atoms with E-state index in [-0.39, 0.29) is 12.6 Å². The summed E-state index contributed by atoms with van der Waals surface area (Å²) in [6.45, 7) is 4.15. The maximum Gasteiger partial charge on any atom is 0.114 e. The number of aliphatic hydroxyl groups is 1. The Balaban J connectivity index is 2.52. The Morgan fingerprint density at radius 2 is 2.19 bits per heavy atom. The van der Waals surface area contributed by atoms with Gasteiger partial charge >= 0.3 is 0 Å². The summed E-state index contributed by atoms with van der Waals surface area (Å²) >= 11 is 5.88. The van der Waals surface area contributed by atoms with Gasteiger partial charge in [-0.3, -0.25) is 0 Å². The van der Waals surface area contributed by atoms with Gasteiger partial charge in [0.05, 0.1) is 18.2 Å². The highest BCUT2D eigenvalue weighted by Gasteiger charge is 2.18. The largest absolute Gasteiger partial charge is 0.394 e. The van der Waals surface area contributed by atoms with Crippen LogP contribution in [-0.4, -0.2) is 26.7 Å². The zero-order chi connectivity index (χ0) is 11.7. The van der Waals surface area contributed by atoms with Gasteiger partial charge in [-0.1, -0.05) is 30.7 Å². The Morgan fingerprint density at radius 1 is 1.44 bits per heavy atom. The lowest BCUT2D eigenvalue weighted by Crippen LogP contribution is -2.20. The molecule has 0 amide bonds. The Bertz CT molecular complexity index is 495. The molecule has 1 aromatic carbocycles. The number of hydrogen-bond acceptors (Lipinski definition) is 3. The quantitative estimate of drug-likeness (QED) is 0.894. The third-order valence-corrected chi connectivity index (χ3v) is 2.94. The molecule has 0 fully saturated rings. The molecule has 0 aliphatic carbocycles. The van der Waals surface area contributed by atoms with E-state index >= 15 is 0 Å². The first-order valence-corrected chi connectivity index (χ1v) is 5.62. The van der Waals surface area contributed by atoms with Crippen LogP contribution in [0.1, 0.15) is 19.9 Å². The minimum Gasteiger partial charge on any atom is -0.394 e. The van der Waals surface area contributed by atoms with Crippen molar-refractivity contribution in [1.29, 1.82) is 0 Å². The van der Waals surface area contributed by atoms with E-state index in [2.05, 4.69) is 10.3 Å². The highest BCUT2D eigenvalue weighted by Crippen LogP contribution is 2.23. The number of aromatic nitrogens is 3. The molecule has 4 nitrogen and oxygen atoms in total. The standard InChI is InChI=1S/C11H14ClN3O/c1-7(2)11(6-16)15-10-4-3-8(12)5-9(10)13-14-15/h3-5,7,11,16H,6H2,1-2H3. The molecule has 0 saturated heterocycles. The monoisotopic (exact) mass is 239 g/mol. The normalized spacial score (nSPS) is 13.6. The fraction of sp³-hybridized carbons (Fsp3) is 0.455. The van der Waals surface area contributed by atoms with Crippen LogP contribution in [0.2, 0.25) is 5.02 Å². The van der Waals surface area contributed by atoms with Crippen molar-refractivity contribution in [3.8, 4) is 0 Å². The first-order valence-electron chi connectivity index (χ1n) is 5.24. The van der Waals surface area contributed by atoms with E-state index in [0.717, 1.165) is 11.0 Å². The Labute approximate surface area is 98.8 Å². The minimum absolute atomic E-state index is 0.0498. The van der Waals surface area contributed by atoms with Crippen LogP contribution in [0.3, 0.4) is 0 Å². The van der Waals surface area contributed by atoms with Gasteiger partial charge < -0.3 is 5.11 Å². The van der Waals surface area contributed by atoms with Crippen LogP contribution in [0.5, 0.6) is 0 Å². The van der Waals surface area contributed by atoms with Crippen molar-refractivity contribution >= 4 is 22.6 Å². The second-order valence-corrected chi connectivity index (χ2v) is 4.60. The van der Waals surface area contributed by atoms with E-state index in [1.54, 1.807) is 16.8 Å². The molecule has 0 spiro atoms. The lowest BCUT2D eigenvalue weighted by atomic mass is 10.1. The summed E-state index contributed by atoms with van der Waals surface area (Å²) in [5, 5.41) is 18.1. The van der Waals surface area contributed by atoms with Crippen LogP contribution in [0.25, 0.3) is 11.0 Å². The van der Waals surface area contributed by atoms with Gasteiger partial charge in [0.25, 0.3) is 0 Å². The molecule has 1 heterocycles. The van der Waals surface area contributed by atoms with Crippen LogP contribution in [-0.2, 0) is 0 Å². The number of fused-ring (bicyclic) bond motifs is 1. The number of benzene rings is 1. The molecule has 0 saturated carbocycles. The second-order valence-electron chi connectivity index (χ2n) is 4.16. The molecule has 0 bridgehead atoms. The Kier molecular flexibility index (Phi) is 3.12. The van der Waals surface area contributed by atoms with Crippen molar-refractivity contribution in [2.75, 3.05) is 6.61 Å². The van der Waals surface area contributed by atoms with E-state index in [1.165, 1.54) is 0 Å². The molecule has 1 atom stereocenters. The molecule has 86 valence electrons. The maximum absolute atomic E-state index is 9.37. The highest BCUT2D eigenvalue weighted by atomic mass is 35.5. The number of nitrogens with zero attached hydrogens (tertiary/aromatic N) is 3. The molecule has 5 heteroatoms. The van der Waals surface area contributed by atoms with Gasteiger partial charge in [0.1, 0.15) is 5.52 Å². The van der Waals surface area contributed by atoms with Crippen molar-refractivity contribution in [2.45, 2.75) is 19.9 Å². The topological polar surface area (TPSA) is 50.9 Å². The average Bonchev–Trinajstić information content (AvgIpc) is 2.62. The van der Waals surface area contributed by atoms with Gasteiger partial charge in [-0.15, -0.1) is 5.10 Å². The van der Waals surface area contributed by atoms with Crippen molar-refractivity contribution in [3.63, 3.8) is 0 Å². The predicted octanol–water partition coefficient (Wildman–Crippen LogP) is 2.27. The van der Waals surface area contributed by atoms with Crippen molar-refractivity contribution in [1.82, 2.24) is 15.0 Å². The summed E-state index contributed by atoms with van der Waals surface area (Å²) in [6.07, 6.45) is 0. The smallest absolute Gasteiger partial charge is 0.114 e. The molecular formula is C11H14ClN3O. The zero-order valence-corrected chi connectivity index (χ0v) is 10.0. The van der Waals surface area contributed by atoms with Gasteiger partial charge in [-0.2, -0.15) is 0 Å². The number of rotatable bonds is 3. The fourth-order valence-electron chi connectivity index (χ4n) is 1.73. The van der Waals surface area contributed by atoms with Gasteiger partial charge in [0, 0.05) is 5.02 Å². The lowest BCUT2D eigenvalue weighted by molar-refractivity contribution is 0.184. The SMILES string of the molecule is CC(C)C(CO)n1nnc2cc(Cl)ccc21. The molecule has 0 radical (unpaired) electrons. The molecule has 2 aromatic rings. The number of hydrogen-bond donors (Lipinski definition) is 1. The van der Waals surface area contributed by atoms with Crippen LogP contribution < -0.4 is 0 Å². The summed E-state index contributed by atoms with van der Waals surface area (Å²) in [4.78, 5) is 0. The van der Waals surface area contributed by atoms with E-state index < -0.39 is 0 Å². The molecule has 1 aromatic heterocycles. The molecule has 1 N–H and O–H groups in total. The van der Waals surface area contributed by atoms with Crippen molar-refractivity contribution < 1.29 is 5.11 Å². The van der Waals surface area contributed by atoms with Crippen molar-refractivity contribution in [2.24, 2.45) is 5.92 Å². The molecule has 16 heavy (non-hydrogen) atoms.